The quantitative estimate of drug-likeness (QED) is 0.524. The lowest BCUT2D eigenvalue weighted by Crippen LogP contribution is -2.17. The largest absolute Gasteiger partial charge is 0.481 e. The van der Waals surface area contributed by atoms with Gasteiger partial charge >= 0.3 is 0 Å². The van der Waals surface area contributed by atoms with Crippen molar-refractivity contribution in [1.29, 1.82) is 0 Å². The fourth-order valence-electron chi connectivity index (χ4n) is 1.64. The van der Waals surface area contributed by atoms with Gasteiger partial charge < -0.3 is 4.74 Å². The van der Waals surface area contributed by atoms with Gasteiger partial charge in [0.15, 0.2) is 0 Å². The van der Waals surface area contributed by atoms with Crippen LogP contribution in [0.25, 0.3) is 0 Å². The van der Waals surface area contributed by atoms with Gasteiger partial charge in [0, 0.05) is 10.6 Å². The summed E-state index contributed by atoms with van der Waals surface area (Å²) in [7, 11) is 0. The first-order chi connectivity index (χ1) is 10.7. The molecule has 1 N–H and O–H groups in total. The minimum Gasteiger partial charge on any atom is -0.481 e. The van der Waals surface area contributed by atoms with Gasteiger partial charge in [-0.25, -0.2) is 5.43 Å². The molecule has 110 valence electrons. The Morgan fingerprint density at radius 3 is 2.82 bits per heavy atom. The summed E-state index contributed by atoms with van der Waals surface area (Å²) in [6.07, 6.45) is 6.66. The zero-order chi connectivity index (χ0) is 15.8. The summed E-state index contributed by atoms with van der Waals surface area (Å²) in [6, 6.07) is 13.8. The van der Waals surface area contributed by atoms with E-state index < -0.39 is 0 Å². The van der Waals surface area contributed by atoms with Crippen LogP contribution < -0.4 is 10.2 Å². The molecule has 0 aliphatic rings. The third kappa shape index (κ3) is 4.65. The molecule has 0 atom stereocenters. The van der Waals surface area contributed by atoms with E-state index in [-0.39, 0.29) is 12.5 Å². The molecule has 2 aromatic carbocycles. The summed E-state index contributed by atoms with van der Waals surface area (Å²) in [4.78, 5) is 11.8. The Kier molecular flexibility index (Phi) is 5.58. The highest BCUT2D eigenvalue weighted by Gasteiger charge is 2.03. The summed E-state index contributed by atoms with van der Waals surface area (Å²) in [5.74, 6) is 2.73. The highest BCUT2D eigenvalue weighted by molar-refractivity contribution is 6.30. The number of carbonyl (C=O) groups excluding carboxylic acids is 1. The van der Waals surface area contributed by atoms with Crippen LogP contribution in [0.15, 0.2) is 53.6 Å². The van der Waals surface area contributed by atoms with Crippen LogP contribution in [0.1, 0.15) is 15.9 Å². The number of rotatable bonds is 5. The van der Waals surface area contributed by atoms with E-state index in [4.69, 9.17) is 22.8 Å². The van der Waals surface area contributed by atoms with Gasteiger partial charge in [0.05, 0.1) is 6.21 Å². The number of hydrogen-bond acceptors (Lipinski definition) is 3. The van der Waals surface area contributed by atoms with Crippen molar-refractivity contribution in [2.24, 2.45) is 5.10 Å². The van der Waals surface area contributed by atoms with Crippen molar-refractivity contribution in [2.45, 2.75) is 0 Å². The number of ether oxygens (including phenoxy) is 1. The van der Waals surface area contributed by atoms with Crippen LogP contribution in [0.5, 0.6) is 5.75 Å². The molecule has 0 unspecified atom stereocenters. The van der Waals surface area contributed by atoms with Crippen LogP contribution in [0.4, 0.5) is 0 Å². The zero-order valence-electron chi connectivity index (χ0n) is 11.6. The normalized spacial score (nSPS) is 10.2. The van der Waals surface area contributed by atoms with Crippen molar-refractivity contribution in [1.82, 2.24) is 5.43 Å². The SMILES string of the molecule is C#CCOc1cccc(/C=N\NC(=O)c2ccc(Cl)cc2)c1. The van der Waals surface area contributed by atoms with Crippen molar-refractivity contribution in [3.63, 3.8) is 0 Å². The second kappa shape index (κ2) is 7.87. The molecule has 0 aliphatic carbocycles. The lowest BCUT2D eigenvalue weighted by molar-refractivity contribution is 0.0955. The van der Waals surface area contributed by atoms with Crippen LogP contribution in [0.2, 0.25) is 5.02 Å². The predicted octanol–water partition coefficient (Wildman–Crippen LogP) is 3.12. The number of amides is 1. The molecule has 0 aromatic heterocycles. The zero-order valence-corrected chi connectivity index (χ0v) is 12.4. The Morgan fingerprint density at radius 2 is 2.09 bits per heavy atom. The molecular weight excluding hydrogens is 300 g/mol. The molecule has 2 aromatic rings. The Balaban J connectivity index is 1.96. The molecule has 0 saturated carbocycles. The number of halogens is 1. The Morgan fingerprint density at radius 1 is 1.32 bits per heavy atom. The topological polar surface area (TPSA) is 50.7 Å². The van der Waals surface area contributed by atoms with Gasteiger partial charge in [0.1, 0.15) is 12.4 Å². The maximum Gasteiger partial charge on any atom is 0.271 e. The van der Waals surface area contributed by atoms with Crippen LogP contribution in [-0.2, 0) is 0 Å². The van der Waals surface area contributed by atoms with Crippen molar-refractivity contribution in [3.8, 4) is 18.1 Å². The van der Waals surface area contributed by atoms with Gasteiger partial charge in [-0.05, 0) is 42.0 Å². The number of terminal acetylenes is 1. The van der Waals surface area contributed by atoms with E-state index in [0.29, 0.717) is 16.3 Å². The lowest BCUT2D eigenvalue weighted by atomic mass is 10.2. The molecule has 22 heavy (non-hydrogen) atoms. The summed E-state index contributed by atoms with van der Waals surface area (Å²) in [5, 5.41) is 4.48. The molecule has 0 radical (unpaired) electrons. The van der Waals surface area contributed by atoms with Crippen molar-refractivity contribution in [2.75, 3.05) is 6.61 Å². The van der Waals surface area contributed by atoms with E-state index >= 15 is 0 Å². The maximum atomic E-state index is 11.8. The highest BCUT2D eigenvalue weighted by atomic mass is 35.5. The molecule has 0 fully saturated rings. The number of hydrazone groups is 1. The summed E-state index contributed by atoms with van der Waals surface area (Å²) >= 11 is 5.77. The van der Waals surface area contributed by atoms with E-state index in [1.807, 2.05) is 12.1 Å². The second-order valence-electron chi connectivity index (χ2n) is 4.27. The van der Waals surface area contributed by atoms with E-state index in [1.54, 1.807) is 36.4 Å². The minimum absolute atomic E-state index is 0.202. The van der Waals surface area contributed by atoms with Crippen LogP contribution in [0, 0.1) is 12.3 Å². The molecule has 0 saturated heterocycles. The van der Waals surface area contributed by atoms with Gasteiger partial charge in [0.25, 0.3) is 5.91 Å². The van der Waals surface area contributed by atoms with Gasteiger partial charge in [-0.15, -0.1) is 6.42 Å². The molecule has 0 heterocycles. The van der Waals surface area contributed by atoms with Gasteiger partial charge in [-0.2, -0.15) is 5.10 Å². The predicted molar refractivity (Wildman–Crippen MR) is 87.3 cm³/mol. The number of benzene rings is 2. The van der Waals surface area contributed by atoms with Crippen molar-refractivity contribution < 1.29 is 9.53 Å². The molecule has 1 amide bonds. The van der Waals surface area contributed by atoms with Crippen LogP contribution in [-0.4, -0.2) is 18.7 Å². The van der Waals surface area contributed by atoms with Gasteiger partial charge in [-0.1, -0.05) is 29.7 Å². The average molecular weight is 313 g/mol. The monoisotopic (exact) mass is 312 g/mol. The van der Waals surface area contributed by atoms with Crippen molar-refractivity contribution in [3.05, 3.63) is 64.7 Å². The highest BCUT2D eigenvalue weighted by Crippen LogP contribution is 2.12. The first kappa shape index (κ1) is 15.6. The average Bonchev–Trinajstić information content (AvgIpc) is 2.54. The molecular formula is C17H13ClN2O2. The molecule has 0 aliphatic heterocycles. The smallest absolute Gasteiger partial charge is 0.271 e. The van der Waals surface area contributed by atoms with E-state index in [2.05, 4.69) is 16.4 Å². The Labute approximate surface area is 133 Å². The third-order valence-corrected chi connectivity index (χ3v) is 2.92. The van der Waals surface area contributed by atoms with E-state index in [0.717, 1.165) is 5.56 Å². The Hall–Kier alpha value is -2.77. The summed E-state index contributed by atoms with van der Waals surface area (Å²) in [6.45, 7) is 0.202. The minimum atomic E-state index is -0.312. The third-order valence-electron chi connectivity index (χ3n) is 2.67. The molecule has 4 nitrogen and oxygen atoms in total. The first-order valence-electron chi connectivity index (χ1n) is 6.44. The first-order valence-corrected chi connectivity index (χ1v) is 6.82. The Bertz CT molecular complexity index is 718. The van der Waals surface area contributed by atoms with Gasteiger partial charge in [-0.3, -0.25) is 4.79 Å². The lowest BCUT2D eigenvalue weighted by Gasteiger charge is -2.03. The fourth-order valence-corrected chi connectivity index (χ4v) is 1.77. The fraction of sp³-hybridized carbons (Fsp3) is 0.0588. The molecule has 2 rings (SSSR count). The van der Waals surface area contributed by atoms with Crippen LogP contribution >= 0.6 is 11.6 Å². The maximum absolute atomic E-state index is 11.8. The second-order valence-corrected chi connectivity index (χ2v) is 4.71. The number of nitrogens with one attached hydrogen (secondary N) is 1. The standard InChI is InChI=1S/C17H13ClN2O2/c1-2-10-22-16-5-3-4-13(11-16)12-19-20-17(21)14-6-8-15(18)9-7-14/h1,3-9,11-12H,10H2,(H,20,21)/b19-12-. The van der Waals surface area contributed by atoms with Gasteiger partial charge in [0.2, 0.25) is 0 Å². The van der Waals surface area contributed by atoms with Crippen LogP contribution in [0.3, 0.4) is 0 Å². The molecule has 0 spiro atoms. The molecule has 0 bridgehead atoms. The molecule has 5 heteroatoms. The summed E-state index contributed by atoms with van der Waals surface area (Å²) < 4.78 is 5.31. The van der Waals surface area contributed by atoms with E-state index in [1.165, 1.54) is 6.21 Å². The number of carbonyl (C=O) groups is 1. The number of nitrogens with zero attached hydrogens (tertiary/aromatic N) is 1. The van der Waals surface area contributed by atoms with E-state index in [9.17, 15) is 4.79 Å². The van der Waals surface area contributed by atoms with Crippen molar-refractivity contribution >= 4 is 23.7 Å². The summed E-state index contributed by atoms with van der Waals surface area (Å²) in [5.41, 5.74) is 3.71. The number of hydrogen-bond donors (Lipinski definition) is 1.